The number of nitrogens with one attached hydrogen (secondary N) is 1. The molecule has 1 N–H and O–H groups in total. The summed E-state index contributed by atoms with van der Waals surface area (Å²) in [5.74, 6) is 1.17. The first-order chi connectivity index (χ1) is 12.7. The van der Waals surface area contributed by atoms with Crippen LogP contribution in [0, 0.1) is 5.92 Å². The number of carbonyl (C=O) groups excluding carboxylic acids is 2. The predicted molar refractivity (Wildman–Crippen MR) is 98.3 cm³/mol. The lowest BCUT2D eigenvalue weighted by molar-refractivity contribution is -0.128. The van der Waals surface area contributed by atoms with Crippen LogP contribution in [0.4, 0.5) is 0 Å². The van der Waals surface area contributed by atoms with Gasteiger partial charge in [-0.15, -0.1) is 0 Å². The second-order valence-electron chi connectivity index (χ2n) is 7.03. The largest absolute Gasteiger partial charge is 0.454 e. The number of nitrogens with zero attached hydrogens (tertiary/aromatic N) is 1. The molecule has 6 heteroatoms. The summed E-state index contributed by atoms with van der Waals surface area (Å²) in [5.41, 5.74) is 0.570. The summed E-state index contributed by atoms with van der Waals surface area (Å²) in [7, 11) is 0. The van der Waals surface area contributed by atoms with Gasteiger partial charge in [0.25, 0.3) is 5.91 Å². The number of carbonyl (C=O) groups is 2. The first-order valence-corrected chi connectivity index (χ1v) is 9.65. The minimum absolute atomic E-state index is 0.0632. The maximum absolute atomic E-state index is 12.5. The van der Waals surface area contributed by atoms with Gasteiger partial charge in [-0.05, 0) is 24.6 Å². The molecule has 6 nitrogen and oxygen atoms in total. The van der Waals surface area contributed by atoms with Gasteiger partial charge in [-0.25, -0.2) is 0 Å². The van der Waals surface area contributed by atoms with E-state index in [1.54, 1.807) is 23.1 Å². The van der Waals surface area contributed by atoms with E-state index in [2.05, 4.69) is 12.2 Å². The summed E-state index contributed by atoms with van der Waals surface area (Å²) < 4.78 is 10.6. The third kappa shape index (κ3) is 4.48. The number of unbranched alkanes of at least 4 members (excludes halogenated alkanes) is 5. The zero-order valence-electron chi connectivity index (χ0n) is 15.5. The van der Waals surface area contributed by atoms with E-state index < -0.39 is 0 Å². The van der Waals surface area contributed by atoms with Gasteiger partial charge in [0.2, 0.25) is 12.7 Å². The third-order valence-electron chi connectivity index (χ3n) is 4.99. The highest BCUT2D eigenvalue weighted by Gasteiger charge is 2.36. The Morgan fingerprint density at radius 3 is 2.62 bits per heavy atom. The van der Waals surface area contributed by atoms with E-state index in [0.29, 0.717) is 30.2 Å². The molecule has 26 heavy (non-hydrogen) atoms. The Kier molecular flexibility index (Phi) is 6.36. The highest BCUT2D eigenvalue weighted by atomic mass is 16.7. The first kappa shape index (κ1) is 18.5. The van der Waals surface area contributed by atoms with Crippen LogP contribution in [0.15, 0.2) is 18.2 Å². The van der Waals surface area contributed by atoms with E-state index >= 15 is 0 Å². The van der Waals surface area contributed by atoms with Crippen molar-refractivity contribution in [2.24, 2.45) is 5.92 Å². The lowest BCUT2D eigenvalue weighted by Gasteiger charge is -2.38. The second kappa shape index (κ2) is 8.92. The molecular weight excluding hydrogens is 332 g/mol. The van der Waals surface area contributed by atoms with Crippen molar-refractivity contribution in [3.05, 3.63) is 23.8 Å². The van der Waals surface area contributed by atoms with Gasteiger partial charge >= 0.3 is 0 Å². The number of rotatable bonds is 9. The van der Waals surface area contributed by atoms with Crippen LogP contribution in [0.1, 0.15) is 55.8 Å². The Hall–Kier alpha value is -2.24. The van der Waals surface area contributed by atoms with Crippen LogP contribution < -0.4 is 14.8 Å². The zero-order chi connectivity index (χ0) is 18.4. The summed E-state index contributed by atoms with van der Waals surface area (Å²) in [6.07, 6.45) is 7.26. The van der Waals surface area contributed by atoms with Crippen molar-refractivity contribution in [1.29, 1.82) is 0 Å². The van der Waals surface area contributed by atoms with Crippen LogP contribution in [-0.2, 0) is 4.79 Å². The molecule has 1 aromatic rings. The summed E-state index contributed by atoms with van der Waals surface area (Å²) >= 11 is 0. The number of benzene rings is 1. The number of ether oxygens (including phenoxy) is 2. The smallest absolute Gasteiger partial charge is 0.254 e. The number of fused-ring (bicyclic) bond motifs is 1. The van der Waals surface area contributed by atoms with Crippen molar-refractivity contribution < 1.29 is 19.1 Å². The average molecular weight is 360 g/mol. The first-order valence-electron chi connectivity index (χ1n) is 9.65. The fraction of sp³-hybridized carbons (Fsp3) is 0.600. The SMILES string of the molecule is CCCCCCCCNC(=O)C1CN(C(=O)c2ccc3c(c2)OCO3)C1. The van der Waals surface area contributed by atoms with Gasteiger partial charge in [-0.2, -0.15) is 0 Å². The van der Waals surface area contributed by atoms with E-state index in [1.165, 1.54) is 32.1 Å². The van der Waals surface area contributed by atoms with Crippen molar-refractivity contribution in [1.82, 2.24) is 10.2 Å². The molecule has 0 saturated carbocycles. The normalized spacial score (nSPS) is 15.7. The molecule has 2 heterocycles. The topological polar surface area (TPSA) is 67.9 Å². The molecule has 142 valence electrons. The fourth-order valence-electron chi connectivity index (χ4n) is 3.28. The van der Waals surface area contributed by atoms with E-state index in [1.807, 2.05) is 0 Å². The van der Waals surface area contributed by atoms with Crippen molar-refractivity contribution in [3.8, 4) is 11.5 Å². The van der Waals surface area contributed by atoms with Crippen LogP contribution in [0.5, 0.6) is 11.5 Å². The Labute approximate surface area is 154 Å². The van der Waals surface area contributed by atoms with Crippen molar-refractivity contribution in [2.45, 2.75) is 45.4 Å². The summed E-state index contributed by atoms with van der Waals surface area (Å²) in [4.78, 5) is 26.3. The Balaban J connectivity index is 1.34. The molecule has 0 bridgehead atoms. The van der Waals surface area contributed by atoms with E-state index in [9.17, 15) is 9.59 Å². The predicted octanol–water partition coefficient (Wildman–Crippen LogP) is 2.96. The maximum Gasteiger partial charge on any atom is 0.254 e. The molecule has 0 spiro atoms. The van der Waals surface area contributed by atoms with Gasteiger partial charge in [-0.3, -0.25) is 9.59 Å². The van der Waals surface area contributed by atoms with Crippen molar-refractivity contribution in [2.75, 3.05) is 26.4 Å². The molecule has 2 amide bonds. The van der Waals surface area contributed by atoms with Crippen LogP contribution in [0.25, 0.3) is 0 Å². The highest BCUT2D eigenvalue weighted by Crippen LogP contribution is 2.33. The van der Waals surface area contributed by atoms with Gasteiger partial charge < -0.3 is 19.7 Å². The molecular formula is C20H28N2O4. The summed E-state index contributed by atoms with van der Waals surface area (Å²) in [5, 5.41) is 3.00. The molecule has 0 radical (unpaired) electrons. The standard InChI is InChI=1S/C20H28N2O4/c1-2-3-4-5-6-7-10-21-19(23)16-12-22(13-16)20(24)15-8-9-17-18(11-15)26-14-25-17/h8-9,11,16H,2-7,10,12-14H2,1H3,(H,21,23). The lowest BCUT2D eigenvalue weighted by Crippen LogP contribution is -2.55. The Morgan fingerprint density at radius 2 is 1.81 bits per heavy atom. The summed E-state index contributed by atoms with van der Waals surface area (Å²) in [6.45, 7) is 4.10. The molecule has 0 atom stereocenters. The second-order valence-corrected chi connectivity index (χ2v) is 7.03. The van der Waals surface area contributed by atoms with Crippen LogP contribution in [0.2, 0.25) is 0 Å². The van der Waals surface area contributed by atoms with Gasteiger partial charge in [0.15, 0.2) is 11.5 Å². The Bertz CT molecular complexity index is 641. The van der Waals surface area contributed by atoms with Gasteiger partial charge in [-0.1, -0.05) is 39.0 Å². The molecule has 3 rings (SSSR count). The molecule has 2 aliphatic rings. The number of hydrogen-bond acceptors (Lipinski definition) is 4. The molecule has 0 aromatic heterocycles. The molecule has 1 aromatic carbocycles. The fourth-order valence-corrected chi connectivity index (χ4v) is 3.28. The minimum Gasteiger partial charge on any atom is -0.454 e. The molecule has 0 aliphatic carbocycles. The van der Waals surface area contributed by atoms with E-state index in [-0.39, 0.29) is 24.5 Å². The van der Waals surface area contributed by atoms with Crippen LogP contribution in [0.3, 0.4) is 0 Å². The molecule has 2 aliphatic heterocycles. The number of amides is 2. The molecule has 1 saturated heterocycles. The third-order valence-corrected chi connectivity index (χ3v) is 4.99. The van der Waals surface area contributed by atoms with Crippen molar-refractivity contribution in [3.63, 3.8) is 0 Å². The highest BCUT2D eigenvalue weighted by molar-refractivity contribution is 5.96. The number of likely N-dealkylation sites (tertiary alicyclic amines) is 1. The molecule has 1 fully saturated rings. The van der Waals surface area contributed by atoms with Crippen molar-refractivity contribution >= 4 is 11.8 Å². The summed E-state index contributed by atoms with van der Waals surface area (Å²) in [6, 6.07) is 5.19. The Morgan fingerprint density at radius 1 is 1.08 bits per heavy atom. The quantitative estimate of drug-likeness (QED) is 0.688. The molecule has 0 unspecified atom stereocenters. The minimum atomic E-state index is -0.0898. The monoisotopic (exact) mass is 360 g/mol. The number of hydrogen-bond donors (Lipinski definition) is 1. The van der Waals surface area contributed by atoms with Crippen LogP contribution in [-0.4, -0.2) is 43.1 Å². The zero-order valence-corrected chi connectivity index (χ0v) is 15.5. The van der Waals surface area contributed by atoms with E-state index in [4.69, 9.17) is 9.47 Å². The average Bonchev–Trinajstić information content (AvgIpc) is 3.07. The lowest BCUT2D eigenvalue weighted by atomic mass is 9.97. The van der Waals surface area contributed by atoms with Crippen LogP contribution >= 0.6 is 0 Å². The van der Waals surface area contributed by atoms with Gasteiger partial charge in [0.1, 0.15) is 0 Å². The van der Waals surface area contributed by atoms with Gasteiger partial charge in [0.05, 0.1) is 5.92 Å². The maximum atomic E-state index is 12.5. The van der Waals surface area contributed by atoms with E-state index in [0.717, 1.165) is 13.0 Å². The van der Waals surface area contributed by atoms with Gasteiger partial charge in [0, 0.05) is 25.2 Å².